The largest absolute Gasteiger partial charge is 0.393 e. The first-order chi connectivity index (χ1) is 5.42. The molecule has 0 aromatic carbocycles. The predicted octanol–water partition coefficient (Wildman–Crippen LogP) is 2.49. The van der Waals surface area contributed by atoms with Gasteiger partial charge in [-0.25, -0.2) is 0 Å². The van der Waals surface area contributed by atoms with Gasteiger partial charge in [-0.1, -0.05) is 20.8 Å². The molecule has 0 radical (unpaired) electrons. The molecule has 0 spiro atoms. The Balaban J connectivity index is 2.54. The van der Waals surface area contributed by atoms with Crippen LogP contribution in [0, 0.1) is 11.8 Å². The van der Waals surface area contributed by atoms with Crippen molar-refractivity contribution < 1.29 is 5.11 Å². The van der Waals surface area contributed by atoms with Crippen molar-refractivity contribution in [2.24, 2.45) is 11.8 Å². The third-order valence-corrected chi connectivity index (χ3v) is 3.42. The van der Waals surface area contributed by atoms with Crippen LogP contribution < -0.4 is 0 Å². The van der Waals surface area contributed by atoms with Crippen LogP contribution >= 0.6 is 12.6 Å². The molecule has 1 nitrogen and oxygen atoms in total. The van der Waals surface area contributed by atoms with Crippen LogP contribution in [0.4, 0.5) is 0 Å². The summed E-state index contributed by atoms with van der Waals surface area (Å²) in [6, 6.07) is 0. The second-order valence-electron chi connectivity index (χ2n) is 4.71. The van der Waals surface area contributed by atoms with Crippen LogP contribution in [0.1, 0.15) is 40.0 Å². The summed E-state index contributed by atoms with van der Waals surface area (Å²) >= 11 is 4.53. The first-order valence-electron chi connectivity index (χ1n) is 4.83. The van der Waals surface area contributed by atoms with E-state index in [-0.39, 0.29) is 10.9 Å². The van der Waals surface area contributed by atoms with Crippen LogP contribution in [0.3, 0.4) is 0 Å². The van der Waals surface area contributed by atoms with Gasteiger partial charge in [-0.05, 0) is 31.1 Å². The average molecular weight is 188 g/mol. The van der Waals surface area contributed by atoms with Gasteiger partial charge in [0, 0.05) is 4.75 Å². The molecule has 0 heterocycles. The van der Waals surface area contributed by atoms with Gasteiger partial charge in [-0.15, -0.1) is 0 Å². The average Bonchev–Trinajstić information content (AvgIpc) is 1.83. The van der Waals surface area contributed by atoms with E-state index in [1.54, 1.807) is 0 Å². The van der Waals surface area contributed by atoms with E-state index in [0.717, 1.165) is 19.3 Å². The van der Waals surface area contributed by atoms with Crippen LogP contribution in [0.5, 0.6) is 0 Å². The van der Waals surface area contributed by atoms with Gasteiger partial charge < -0.3 is 5.11 Å². The SMILES string of the molecule is CC(C)C1CCC(C)(S)CC1O. The molecule has 1 aliphatic rings. The van der Waals surface area contributed by atoms with E-state index < -0.39 is 0 Å². The zero-order valence-electron chi connectivity index (χ0n) is 8.25. The number of aliphatic hydroxyl groups excluding tert-OH is 1. The number of hydrogen-bond donors (Lipinski definition) is 2. The molecule has 12 heavy (non-hydrogen) atoms. The van der Waals surface area contributed by atoms with Crippen molar-refractivity contribution in [1.82, 2.24) is 0 Å². The molecule has 0 aromatic rings. The Hall–Kier alpha value is 0.310. The summed E-state index contributed by atoms with van der Waals surface area (Å²) in [5.41, 5.74) is 0. The highest BCUT2D eigenvalue weighted by atomic mass is 32.1. The zero-order valence-corrected chi connectivity index (χ0v) is 9.14. The van der Waals surface area contributed by atoms with Crippen molar-refractivity contribution in [3.8, 4) is 0 Å². The number of aliphatic hydroxyl groups is 1. The lowest BCUT2D eigenvalue weighted by Gasteiger charge is -2.39. The standard InChI is InChI=1S/C10H20OS/c1-7(2)8-4-5-10(3,12)6-9(8)11/h7-9,11-12H,4-6H2,1-3H3. The third-order valence-electron chi connectivity index (χ3n) is 3.02. The first-order valence-corrected chi connectivity index (χ1v) is 5.27. The van der Waals surface area contributed by atoms with Crippen molar-refractivity contribution >= 4 is 12.6 Å². The Morgan fingerprint density at radius 3 is 2.50 bits per heavy atom. The van der Waals surface area contributed by atoms with E-state index in [9.17, 15) is 5.11 Å². The monoisotopic (exact) mass is 188 g/mol. The summed E-state index contributed by atoms with van der Waals surface area (Å²) in [5, 5.41) is 9.83. The van der Waals surface area contributed by atoms with Crippen LogP contribution in [-0.2, 0) is 0 Å². The summed E-state index contributed by atoms with van der Waals surface area (Å²) in [5.74, 6) is 1.09. The Bertz CT molecular complexity index is 154. The van der Waals surface area contributed by atoms with Gasteiger partial charge in [0.2, 0.25) is 0 Å². The summed E-state index contributed by atoms with van der Waals surface area (Å²) < 4.78 is 0.0603. The Labute approximate surface area is 81.0 Å². The molecule has 1 N–H and O–H groups in total. The molecular formula is C10H20OS. The molecule has 3 unspecified atom stereocenters. The molecule has 0 amide bonds. The zero-order chi connectivity index (χ0) is 9.35. The molecule has 2 heteroatoms. The van der Waals surface area contributed by atoms with Crippen molar-refractivity contribution in [2.45, 2.75) is 50.9 Å². The Kier molecular flexibility index (Phi) is 3.11. The van der Waals surface area contributed by atoms with E-state index in [1.165, 1.54) is 0 Å². The fraction of sp³-hybridized carbons (Fsp3) is 1.00. The molecular weight excluding hydrogens is 168 g/mol. The summed E-state index contributed by atoms with van der Waals surface area (Å²) in [7, 11) is 0. The topological polar surface area (TPSA) is 20.2 Å². The molecule has 1 saturated carbocycles. The van der Waals surface area contributed by atoms with Gasteiger partial charge in [-0.3, -0.25) is 0 Å². The molecule has 0 bridgehead atoms. The lowest BCUT2D eigenvalue weighted by atomic mass is 9.75. The van der Waals surface area contributed by atoms with E-state index in [4.69, 9.17) is 0 Å². The Morgan fingerprint density at radius 1 is 1.50 bits per heavy atom. The fourth-order valence-corrected chi connectivity index (χ4v) is 2.47. The summed E-state index contributed by atoms with van der Waals surface area (Å²) in [6.45, 7) is 6.50. The van der Waals surface area contributed by atoms with Crippen molar-refractivity contribution in [3.63, 3.8) is 0 Å². The highest BCUT2D eigenvalue weighted by Crippen LogP contribution is 2.39. The van der Waals surface area contributed by atoms with Crippen LogP contribution in [0.15, 0.2) is 0 Å². The number of rotatable bonds is 1. The lowest BCUT2D eigenvalue weighted by molar-refractivity contribution is 0.0346. The highest BCUT2D eigenvalue weighted by molar-refractivity contribution is 7.81. The van der Waals surface area contributed by atoms with Gasteiger partial charge in [0.1, 0.15) is 0 Å². The van der Waals surface area contributed by atoms with Crippen molar-refractivity contribution in [2.75, 3.05) is 0 Å². The van der Waals surface area contributed by atoms with Gasteiger partial charge in [0.15, 0.2) is 0 Å². The molecule has 0 aromatic heterocycles. The maximum absolute atomic E-state index is 9.83. The normalized spacial score (nSPS) is 43.5. The predicted molar refractivity (Wildman–Crippen MR) is 55.6 cm³/mol. The van der Waals surface area contributed by atoms with Gasteiger partial charge in [0.05, 0.1) is 6.10 Å². The Morgan fingerprint density at radius 2 is 2.08 bits per heavy atom. The first kappa shape index (κ1) is 10.4. The molecule has 1 aliphatic carbocycles. The third kappa shape index (κ3) is 2.40. The van der Waals surface area contributed by atoms with E-state index >= 15 is 0 Å². The number of hydrogen-bond acceptors (Lipinski definition) is 2. The molecule has 1 fully saturated rings. The molecule has 3 atom stereocenters. The summed E-state index contributed by atoms with van der Waals surface area (Å²) in [4.78, 5) is 0. The molecule has 0 aliphatic heterocycles. The van der Waals surface area contributed by atoms with E-state index in [1.807, 2.05) is 0 Å². The minimum Gasteiger partial charge on any atom is -0.393 e. The second-order valence-corrected chi connectivity index (χ2v) is 5.79. The van der Waals surface area contributed by atoms with Crippen molar-refractivity contribution in [1.29, 1.82) is 0 Å². The number of thiol groups is 1. The smallest absolute Gasteiger partial charge is 0.0583 e. The highest BCUT2D eigenvalue weighted by Gasteiger charge is 2.35. The van der Waals surface area contributed by atoms with E-state index in [2.05, 4.69) is 33.4 Å². The second kappa shape index (κ2) is 3.59. The van der Waals surface area contributed by atoms with Gasteiger partial charge in [-0.2, -0.15) is 12.6 Å². The minimum atomic E-state index is -0.138. The summed E-state index contributed by atoms with van der Waals surface area (Å²) in [6.07, 6.45) is 2.97. The fourth-order valence-electron chi connectivity index (χ4n) is 2.15. The maximum atomic E-state index is 9.83. The van der Waals surface area contributed by atoms with E-state index in [0.29, 0.717) is 11.8 Å². The van der Waals surface area contributed by atoms with Crippen LogP contribution in [0.25, 0.3) is 0 Å². The van der Waals surface area contributed by atoms with Crippen LogP contribution in [0.2, 0.25) is 0 Å². The molecule has 72 valence electrons. The minimum absolute atomic E-state index is 0.0603. The van der Waals surface area contributed by atoms with Gasteiger partial charge >= 0.3 is 0 Å². The van der Waals surface area contributed by atoms with Crippen molar-refractivity contribution in [3.05, 3.63) is 0 Å². The lowest BCUT2D eigenvalue weighted by Crippen LogP contribution is -2.38. The van der Waals surface area contributed by atoms with Gasteiger partial charge in [0.25, 0.3) is 0 Å². The molecule has 1 rings (SSSR count). The molecule has 0 saturated heterocycles. The maximum Gasteiger partial charge on any atom is 0.0583 e. The quantitative estimate of drug-likeness (QED) is 0.606. The van der Waals surface area contributed by atoms with Crippen LogP contribution in [-0.4, -0.2) is 16.0 Å².